The normalized spacial score (nSPS) is 13.9. The van der Waals surface area contributed by atoms with E-state index in [4.69, 9.17) is 0 Å². The van der Waals surface area contributed by atoms with E-state index < -0.39 is 0 Å². The Balaban J connectivity index is 2.10. The van der Waals surface area contributed by atoms with E-state index in [2.05, 4.69) is 81.8 Å². The highest BCUT2D eigenvalue weighted by Crippen LogP contribution is 2.26. The number of hydrogen-bond donors (Lipinski definition) is 0. The molecule has 0 spiro atoms. The molecule has 18 heavy (non-hydrogen) atoms. The fourth-order valence-corrected chi connectivity index (χ4v) is 2.24. The third kappa shape index (κ3) is 3.04. The Morgan fingerprint density at radius 1 is 0.889 bits per heavy atom. The first-order chi connectivity index (χ1) is 8.74. The van der Waals surface area contributed by atoms with Gasteiger partial charge in [0.25, 0.3) is 0 Å². The maximum Gasteiger partial charge on any atom is 0.129 e. The minimum Gasteiger partial charge on any atom is -0.0652 e. The van der Waals surface area contributed by atoms with Crippen molar-refractivity contribution in [2.45, 2.75) is 31.9 Å². The molecule has 0 aliphatic carbocycles. The predicted octanol–water partition coefficient (Wildman–Crippen LogP) is 4.22. The molecule has 0 nitrogen and oxygen atoms in total. The topological polar surface area (TPSA) is 0 Å². The Morgan fingerprint density at radius 2 is 1.44 bits per heavy atom. The zero-order valence-electron chi connectivity index (χ0n) is 11.3. The highest BCUT2D eigenvalue weighted by atomic mass is 14.2. The fraction of sp³-hybridized carbons (Fsp3) is 0.294. The summed E-state index contributed by atoms with van der Waals surface area (Å²) in [6.07, 6.45) is 2.16. The van der Waals surface area contributed by atoms with E-state index in [1.165, 1.54) is 11.1 Å². The second-order valence-electron chi connectivity index (χ2n) is 5.03. The lowest BCUT2D eigenvalue weighted by Crippen LogP contribution is -2.30. The zero-order chi connectivity index (χ0) is 12.8. The van der Waals surface area contributed by atoms with Crippen LogP contribution in [0.5, 0.6) is 0 Å². The highest BCUT2D eigenvalue weighted by Gasteiger charge is 2.24. The molecule has 0 aromatic heterocycles. The summed E-state index contributed by atoms with van der Waals surface area (Å²) in [7, 11) is 2.44. The quantitative estimate of drug-likeness (QED) is 0.681. The molecule has 0 saturated carbocycles. The maximum atomic E-state index is 2.44. The third-order valence-corrected chi connectivity index (χ3v) is 3.80. The van der Waals surface area contributed by atoms with Gasteiger partial charge in [-0.05, 0) is 5.31 Å². The summed E-state index contributed by atoms with van der Waals surface area (Å²) in [6.45, 7) is 4.58. The second-order valence-corrected chi connectivity index (χ2v) is 5.03. The molecular weight excluding hydrogens is 215 g/mol. The average Bonchev–Trinajstić information content (AvgIpc) is 2.47. The second kappa shape index (κ2) is 5.90. The van der Waals surface area contributed by atoms with Crippen molar-refractivity contribution in [1.82, 2.24) is 0 Å². The Kier molecular flexibility index (Phi) is 4.25. The summed E-state index contributed by atoms with van der Waals surface area (Å²) in [5.74, 6) is 0. The van der Waals surface area contributed by atoms with Gasteiger partial charge >= 0.3 is 0 Å². The molecule has 1 unspecified atom stereocenters. The maximum absolute atomic E-state index is 2.44. The van der Waals surface area contributed by atoms with E-state index in [1.807, 2.05) is 0 Å². The van der Waals surface area contributed by atoms with Gasteiger partial charge < -0.3 is 0 Å². The number of rotatable bonds is 5. The van der Waals surface area contributed by atoms with Crippen molar-refractivity contribution in [2.24, 2.45) is 0 Å². The molecular formula is C17H20B. The summed E-state index contributed by atoms with van der Waals surface area (Å²) in [6, 6.07) is 21.4. The molecule has 91 valence electrons. The Hall–Kier alpha value is -1.50. The van der Waals surface area contributed by atoms with Crippen LogP contribution in [0.2, 0.25) is 0 Å². The van der Waals surface area contributed by atoms with Gasteiger partial charge in [0.2, 0.25) is 0 Å². The van der Waals surface area contributed by atoms with E-state index >= 15 is 0 Å². The lowest BCUT2D eigenvalue weighted by molar-refractivity contribution is 0.635. The van der Waals surface area contributed by atoms with Crippen molar-refractivity contribution in [3.05, 3.63) is 71.8 Å². The summed E-state index contributed by atoms with van der Waals surface area (Å²) < 4.78 is 0. The minimum atomic E-state index is 0.164. The van der Waals surface area contributed by atoms with Gasteiger partial charge in [-0.25, -0.2) is 0 Å². The molecule has 0 N–H and O–H groups in total. The monoisotopic (exact) mass is 235 g/mol. The molecule has 1 atom stereocenters. The highest BCUT2D eigenvalue weighted by molar-refractivity contribution is 6.39. The average molecular weight is 235 g/mol. The SMILES string of the molecule is CCC(C)([B]Cc1ccccc1)c1ccccc1. The number of benzene rings is 2. The summed E-state index contributed by atoms with van der Waals surface area (Å²) in [4.78, 5) is 0. The smallest absolute Gasteiger partial charge is 0.0652 e. The van der Waals surface area contributed by atoms with Crippen LogP contribution in [0.25, 0.3) is 0 Å². The van der Waals surface area contributed by atoms with Gasteiger partial charge in [0.15, 0.2) is 0 Å². The summed E-state index contributed by atoms with van der Waals surface area (Å²) in [5, 5.41) is 0.164. The molecule has 2 aromatic carbocycles. The first-order valence-electron chi connectivity index (χ1n) is 6.68. The molecule has 2 rings (SSSR count). The standard InChI is InChI=1S/C17H20B/c1-3-17(2,16-12-8-5-9-13-16)18-14-15-10-6-4-7-11-15/h4-13H,3,14H2,1-2H3. The van der Waals surface area contributed by atoms with Crippen LogP contribution in [-0.4, -0.2) is 7.28 Å². The van der Waals surface area contributed by atoms with Crippen molar-refractivity contribution in [2.75, 3.05) is 0 Å². The van der Waals surface area contributed by atoms with Gasteiger partial charge in [0.05, 0.1) is 0 Å². The van der Waals surface area contributed by atoms with E-state index in [1.54, 1.807) is 0 Å². The van der Waals surface area contributed by atoms with Crippen molar-refractivity contribution >= 4 is 7.28 Å². The van der Waals surface area contributed by atoms with Gasteiger partial charge in [-0.3, -0.25) is 0 Å². The first-order valence-corrected chi connectivity index (χ1v) is 6.68. The molecule has 0 fully saturated rings. The van der Waals surface area contributed by atoms with Gasteiger partial charge in [-0.2, -0.15) is 0 Å². The van der Waals surface area contributed by atoms with Crippen LogP contribution in [-0.2, 0) is 11.6 Å². The third-order valence-electron chi connectivity index (χ3n) is 3.80. The lowest BCUT2D eigenvalue weighted by atomic mass is 9.47. The van der Waals surface area contributed by atoms with Crippen LogP contribution in [0.1, 0.15) is 31.4 Å². The minimum absolute atomic E-state index is 0.164. The number of hydrogen-bond acceptors (Lipinski definition) is 0. The van der Waals surface area contributed by atoms with Gasteiger partial charge in [-0.1, -0.05) is 98.4 Å². The Morgan fingerprint density at radius 3 is 2.00 bits per heavy atom. The van der Waals surface area contributed by atoms with Gasteiger partial charge in [0.1, 0.15) is 7.28 Å². The largest absolute Gasteiger partial charge is 0.129 e. The Bertz CT molecular complexity index is 463. The molecule has 1 radical (unpaired) electrons. The van der Waals surface area contributed by atoms with E-state index in [9.17, 15) is 0 Å². The van der Waals surface area contributed by atoms with E-state index in [0.717, 1.165) is 12.7 Å². The van der Waals surface area contributed by atoms with Crippen molar-refractivity contribution in [1.29, 1.82) is 0 Å². The molecule has 0 heterocycles. The van der Waals surface area contributed by atoms with Crippen LogP contribution < -0.4 is 0 Å². The van der Waals surface area contributed by atoms with E-state index in [-0.39, 0.29) is 5.31 Å². The van der Waals surface area contributed by atoms with Crippen LogP contribution in [0.4, 0.5) is 0 Å². The van der Waals surface area contributed by atoms with Crippen molar-refractivity contribution in [3.63, 3.8) is 0 Å². The molecule has 0 aliphatic heterocycles. The predicted molar refractivity (Wildman–Crippen MR) is 80.0 cm³/mol. The first kappa shape index (κ1) is 12.9. The van der Waals surface area contributed by atoms with Crippen molar-refractivity contribution in [3.8, 4) is 0 Å². The van der Waals surface area contributed by atoms with E-state index in [0.29, 0.717) is 0 Å². The lowest BCUT2D eigenvalue weighted by Gasteiger charge is -2.28. The van der Waals surface area contributed by atoms with Gasteiger partial charge in [0, 0.05) is 0 Å². The summed E-state index contributed by atoms with van der Waals surface area (Å²) in [5.41, 5.74) is 2.79. The molecule has 0 saturated heterocycles. The van der Waals surface area contributed by atoms with Crippen LogP contribution in [0.15, 0.2) is 60.7 Å². The fourth-order valence-electron chi connectivity index (χ4n) is 2.24. The van der Waals surface area contributed by atoms with Crippen LogP contribution >= 0.6 is 0 Å². The molecule has 0 bridgehead atoms. The Labute approximate surface area is 111 Å². The van der Waals surface area contributed by atoms with Crippen molar-refractivity contribution < 1.29 is 0 Å². The molecule has 0 amide bonds. The molecule has 0 aliphatic rings. The van der Waals surface area contributed by atoms with Crippen LogP contribution in [0.3, 0.4) is 0 Å². The molecule has 2 aromatic rings. The van der Waals surface area contributed by atoms with Crippen LogP contribution in [0, 0.1) is 0 Å². The zero-order valence-corrected chi connectivity index (χ0v) is 11.3. The van der Waals surface area contributed by atoms with Gasteiger partial charge in [-0.15, -0.1) is 0 Å². The summed E-state index contributed by atoms with van der Waals surface area (Å²) >= 11 is 0. The molecule has 1 heteroatoms.